The normalized spacial score (nSPS) is 24.3. The molecule has 5 nitrogen and oxygen atoms in total. The monoisotopic (exact) mass is 309 g/mol. The standard InChI is InChI=1S/C17H31N3O2/c1-3-9-18-17(22)15-7-11-19(12-8-15)13-16(21)20-10-5-4-6-14(20)2/h14-15H,3-13H2,1-2H3,(H,18,22). The molecule has 0 aromatic rings. The number of amides is 2. The van der Waals surface area contributed by atoms with Crippen LogP contribution in [0.2, 0.25) is 0 Å². The van der Waals surface area contributed by atoms with E-state index in [1.807, 2.05) is 4.90 Å². The van der Waals surface area contributed by atoms with E-state index in [1.54, 1.807) is 0 Å². The summed E-state index contributed by atoms with van der Waals surface area (Å²) in [6.45, 7) is 8.14. The highest BCUT2D eigenvalue weighted by Crippen LogP contribution is 2.19. The Morgan fingerprint density at radius 1 is 1.09 bits per heavy atom. The zero-order valence-corrected chi connectivity index (χ0v) is 14.1. The van der Waals surface area contributed by atoms with E-state index in [2.05, 4.69) is 24.1 Å². The van der Waals surface area contributed by atoms with Crippen molar-refractivity contribution in [2.75, 3.05) is 32.7 Å². The predicted molar refractivity (Wildman–Crippen MR) is 87.5 cm³/mol. The Bertz CT molecular complexity index is 378. The first kappa shape index (κ1) is 17.3. The molecule has 0 spiro atoms. The maximum absolute atomic E-state index is 12.4. The Balaban J connectivity index is 1.72. The van der Waals surface area contributed by atoms with Crippen molar-refractivity contribution in [3.8, 4) is 0 Å². The van der Waals surface area contributed by atoms with Crippen LogP contribution in [0, 0.1) is 5.92 Å². The Morgan fingerprint density at radius 3 is 2.45 bits per heavy atom. The summed E-state index contributed by atoms with van der Waals surface area (Å²) in [4.78, 5) is 28.7. The summed E-state index contributed by atoms with van der Waals surface area (Å²) in [6, 6.07) is 0.388. The second-order valence-corrected chi connectivity index (χ2v) is 6.77. The molecule has 5 heteroatoms. The van der Waals surface area contributed by atoms with Crippen LogP contribution in [0.25, 0.3) is 0 Å². The minimum Gasteiger partial charge on any atom is -0.356 e. The van der Waals surface area contributed by atoms with Gasteiger partial charge in [0.05, 0.1) is 6.54 Å². The van der Waals surface area contributed by atoms with Gasteiger partial charge in [0.25, 0.3) is 0 Å². The lowest BCUT2D eigenvalue weighted by molar-refractivity contribution is -0.136. The molecule has 2 heterocycles. The third kappa shape index (κ3) is 4.70. The second kappa shape index (κ2) is 8.51. The summed E-state index contributed by atoms with van der Waals surface area (Å²) in [6.07, 6.45) is 6.23. The summed E-state index contributed by atoms with van der Waals surface area (Å²) in [5, 5.41) is 2.98. The number of hydrogen-bond acceptors (Lipinski definition) is 3. The van der Waals surface area contributed by atoms with Gasteiger partial charge in [0.1, 0.15) is 0 Å². The van der Waals surface area contributed by atoms with E-state index in [9.17, 15) is 9.59 Å². The van der Waals surface area contributed by atoms with E-state index in [1.165, 1.54) is 6.42 Å². The number of nitrogens with one attached hydrogen (secondary N) is 1. The molecule has 1 unspecified atom stereocenters. The van der Waals surface area contributed by atoms with Gasteiger partial charge in [0.2, 0.25) is 11.8 Å². The van der Waals surface area contributed by atoms with Crippen molar-refractivity contribution in [2.45, 2.75) is 58.4 Å². The maximum atomic E-state index is 12.4. The van der Waals surface area contributed by atoms with Gasteiger partial charge < -0.3 is 10.2 Å². The zero-order valence-electron chi connectivity index (χ0n) is 14.1. The molecule has 0 bridgehead atoms. The third-order valence-corrected chi connectivity index (χ3v) is 4.99. The van der Waals surface area contributed by atoms with E-state index in [-0.39, 0.29) is 17.7 Å². The van der Waals surface area contributed by atoms with Crippen LogP contribution in [0.4, 0.5) is 0 Å². The molecular formula is C17H31N3O2. The van der Waals surface area contributed by atoms with Crippen LogP contribution in [0.15, 0.2) is 0 Å². The summed E-state index contributed by atoms with van der Waals surface area (Å²) < 4.78 is 0. The van der Waals surface area contributed by atoms with Crippen molar-refractivity contribution in [3.05, 3.63) is 0 Å². The summed E-state index contributed by atoms with van der Waals surface area (Å²) in [7, 11) is 0. The smallest absolute Gasteiger partial charge is 0.236 e. The molecular weight excluding hydrogens is 278 g/mol. The lowest BCUT2D eigenvalue weighted by Gasteiger charge is -2.36. The fraction of sp³-hybridized carbons (Fsp3) is 0.882. The number of hydrogen-bond donors (Lipinski definition) is 1. The van der Waals surface area contributed by atoms with Crippen molar-refractivity contribution >= 4 is 11.8 Å². The van der Waals surface area contributed by atoms with E-state index >= 15 is 0 Å². The SMILES string of the molecule is CCCNC(=O)C1CCN(CC(=O)N2CCCCC2C)CC1. The highest BCUT2D eigenvalue weighted by Gasteiger charge is 2.28. The van der Waals surface area contributed by atoms with E-state index < -0.39 is 0 Å². The van der Waals surface area contributed by atoms with E-state index in [0.717, 1.165) is 58.3 Å². The van der Waals surface area contributed by atoms with Gasteiger partial charge in [-0.25, -0.2) is 0 Å². The Hall–Kier alpha value is -1.10. The first-order chi connectivity index (χ1) is 10.6. The molecule has 0 radical (unpaired) electrons. The molecule has 1 N–H and O–H groups in total. The van der Waals surface area contributed by atoms with Crippen LogP contribution in [0.1, 0.15) is 52.4 Å². The second-order valence-electron chi connectivity index (χ2n) is 6.77. The molecule has 22 heavy (non-hydrogen) atoms. The van der Waals surface area contributed by atoms with Gasteiger partial charge in [-0.15, -0.1) is 0 Å². The first-order valence-corrected chi connectivity index (χ1v) is 8.91. The molecule has 126 valence electrons. The molecule has 2 fully saturated rings. The molecule has 0 aromatic heterocycles. The highest BCUT2D eigenvalue weighted by atomic mass is 16.2. The topological polar surface area (TPSA) is 52.7 Å². The van der Waals surface area contributed by atoms with Crippen molar-refractivity contribution in [2.24, 2.45) is 5.92 Å². The average Bonchev–Trinajstić information content (AvgIpc) is 2.53. The van der Waals surface area contributed by atoms with Gasteiger partial charge >= 0.3 is 0 Å². The van der Waals surface area contributed by atoms with Gasteiger partial charge in [-0.3, -0.25) is 14.5 Å². The van der Waals surface area contributed by atoms with E-state index in [4.69, 9.17) is 0 Å². The van der Waals surface area contributed by atoms with Gasteiger partial charge in [-0.05, 0) is 58.5 Å². The molecule has 1 atom stereocenters. The first-order valence-electron chi connectivity index (χ1n) is 8.91. The summed E-state index contributed by atoms with van der Waals surface area (Å²) in [5.74, 6) is 0.588. The Labute approximate surface area is 134 Å². The van der Waals surface area contributed by atoms with Crippen LogP contribution < -0.4 is 5.32 Å². The molecule has 2 saturated heterocycles. The van der Waals surface area contributed by atoms with Crippen LogP contribution in [-0.2, 0) is 9.59 Å². The van der Waals surface area contributed by atoms with Crippen molar-refractivity contribution in [1.29, 1.82) is 0 Å². The lowest BCUT2D eigenvalue weighted by Crippen LogP contribution is -2.49. The van der Waals surface area contributed by atoms with Crippen molar-refractivity contribution < 1.29 is 9.59 Å². The summed E-state index contributed by atoms with van der Waals surface area (Å²) in [5.41, 5.74) is 0. The molecule has 0 saturated carbocycles. The molecule has 2 rings (SSSR count). The number of rotatable bonds is 5. The fourth-order valence-corrected chi connectivity index (χ4v) is 3.50. The number of carbonyl (C=O) groups is 2. The molecule has 0 aromatic carbocycles. The van der Waals surface area contributed by atoms with Gasteiger partial charge in [0, 0.05) is 25.0 Å². The quantitative estimate of drug-likeness (QED) is 0.840. The highest BCUT2D eigenvalue weighted by molar-refractivity contribution is 5.79. The zero-order chi connectivity index (χ0) is 15.9. The maximum Gasteiger partial charge on any atom is 0.236 e. The number of carbonyl (C=O) groups excluding carboxylic acids is 2. The number of nitrogens with zero attached hydrogens (tertiary/aromatic N) is 2. The third-order valence-electron chi connectivity index (χ3n) is 4.99. The van der Waals surface area contributed by atoms with Gasteiger partial charge in [-0.1, -0.05) is 6.92 Å². The Morgan fingerprint density at radius 2 is 1.82 bits per heavy atom. The minimum atomic E-state index is 0.131. The summed E-state index contributed by atoms with van der Waals surface area (Å²) >= 11 is 0. The Kier molecular flexibility index (Phi) is 6.68. The largest absolute Gasteiger partial charge is 0.356 e. The average molecular weight is 309 g/mol. The van der Waals surface area contributed by atoms with Crippen LogP contribution in [0.5, 0.6) is 0 Å². The van der Waals surface area contributed by atoms with Crippen LogP contribution >= 0.6 is 0 Å². The van der Waals surface area contributed by atoms with Crippen molar-refractivity contribution in [3.63, 3.8) is 0 Å². The molecule has 2 aliphatic rings. The number of piperidine rings is 2. The predicted octanol–water partition coefficient (Wildman–Crippen LogP) is 1.63. The number of likely N-dealkylation sites (tertiary alicyclic amines) is 2. The molecule has 2 amide bonds. The minimum absolute atomic E-state index is 0.131. The molecule has 2 aliphatic heterocycles. The fourth-order valence-electron chi connectivity index (χ4n) is 3.50. The molecule has 0 aliphatic carbocycles. The van der Waals surface area contributed by atoms with Crippen molar-refractivity contribution in [1.82, 2.24) is 15.1 Å². The van der Waals surface area contributed by atoms with Gasteiger partial charge in [0.15, 0.2) is 0 Å². The van der Waals surface area contributed by atoms with Gasteiger partial charge in [-0.2, -0.15) is 0 Å². The van der Waals surface area contributed by atoms with Crippen LogP contribution in [0.3, 0.4) is 0 Å². The van der Waals surface area contributed by atoms with Crippen LogP contribution in [-0.4, -0.2) is 60.4 Å². The van der Waals surface area contributed by atoms with E-state index in [0.29, 0.717) is 12.6 Å². The lowest BCUT2D eigenvalue weighted by atomic mass is 9.95.